The van der Waals surface area contributed by atoms with Gasteiger partial charge in [0, 0.05) is 12.2 Å². The molecule has 0 spiro atoms. The summed E-state index contributed by atoms with van der Waals surface area (Å²) in [6.45, 7) is 4.17. The summed E-state index contributed by atoms with van der Waals surface area (Å²) in [4.78, 5) is 30.4. The van der Waals surface area contributed by atoms with Crippen LogP contribution in [-0.4, -0.2) is 22.6 Å². The van der Waals surface area contributed by atoms with Crippen molar-refractivity contribution in [3.8, 4) is 5.75 Å². The highest BCUT2D eigenvalue weighted by Gasteiger charge is 2.19. The molecule has 0 atom stereocenters. The number of ether oxygens (including phenoxy) is 1. The number of halogens is 1. The summed E-state index contributed by atoms with van der Waals surface area (Å²) in [5, 5.41) is 3.69. The van der Waals surface area contributed by atoms with E-state index in [1.807, 2.05) is 6.92 Å². The van der Waals surface area contributed by atoms with Crippen LogP contribution in [0.25, 0.3) is 10.2 Å². The molecule has 3 aromatic rings. The van der Waals surface area contributed by atoms with E-state index in [9.17, 15) is 9.59 Å². The van der Waals surface area contributed by atoms with Gasteiger partial charge in [-0.3, -0.25) is 14.2 Å². The summed E-state index contributed by atoms with van der Waals surface area (Å²) in [5.74, 6) is 0.228. The molecule has 25 heavy (non-hydrogen) atoms. The number of nitrogens with one attached hydrogen (secondary N) is 1. The van der Waals surface area contributed by atoms with E-state index in [1.165, 1.54) is 29.3 Å². The monoisotopic (exact) mass is 377 g/mol. The van der Waals surface area contributed by atoms with Crippen LogP contribution in [0.5, 0.6) is 5.75 Å². The first-order valence-electron chi connectivity index (χ1n) is 7.59. The number of rotatable bonds is 4. The number of methoxy groups -OCH3 is 1. The summed E-state index contributed by atoms with van der Waals surface area (Å²) in [6.07, 6.45) is 1.51. The number of nitrogens with zero attached hydrogens (tertiary/aromatic N) is 2. The molecular weight excluding hydrogens is 362 g/mol. The number of benzene rings is 1. The second-order valence-corrected chi connectivity index (χ2v) is 6.78. The first-order chi connectivity index (χ1) is 12.0. The molecule has 1 N–H and O–H groups in total. The third-order valence-electron chi connectivity index (χ3n) is 3.87. The van der Waals surface area contributed by atoms with Crippen LogP contribution in [0.2, 0.25) is 5.02 Å². The first-order valence-corrected chi connectivity index (χ1v) is 8.79. The molecule has 1 aromatic carbocycles. The van der Waals surface area contributed by atoms with E-state index < -0.39 is 0 Å². The Hall–Kier alpha value is -2.38. The number of carbonyl (C=O) groups excluding carboxylic acids is 1. The fraction of sp³-hybridized carbons (Fsp3) is 0.235. The summed E-state index contributed by atoms with van der Waals surface area (Å²) < 4.78 is 6.62. The second kappa shape index (κ2) is 6.85. The lowest BCUT2D eigenvalue weighted by Crippen LogP contribution is -2.19. The predicted molar refractivity (Wildman–Crippen MR) is 100 cm³/mol. The van der Waals surface area contributed by atoms with E-state index >= 15 is 0 Å². The molecule has 2 aromatic heterocycles. The predicted octanol–water partition coefficient (Wildman–Crippen LogP) is 3.70. The zero-order valence-electron chi connectivity index (χ0n) is 13.9. The molecule has 0 radical (unpaired) electrons. The molecule has 0 saturated carbocycles. The van der Waals surface area contributed by atoms with E-state index in [0.29, 0.717) is 43.7 Å². The maximum Gasteiger partial charge on any atom is 0.266 e. The number of thiophene rings is 1. The second-order valence-electron chi connectivity index (χ2n) is 5.38. The van der Waals surface area contributed by atoms with Gasteiger partial charge in [0.1, 0.15) is 10.6 Å². The number of hydrogen-bond acceptors (Lipinski definition) is 5. The summed E-state index contributed by atoms with van der Waals surface area (Å²) in [6, 6.07) is 4.99. The van der Waals surface area contributed by atoms with Gasteiger partial charge < -0.3 is 10.1 Å². The average molecular weight is 378 g/mol. The fourth-order valence-electron chi connectivity index (χ4n) is 2.53. The van der Waals surface area contributed by atoms with E-state index in [-0.39, 0.29) is 11.5 Å². The van der Waals surface area contributed by atoms with Crippen molar-refractivity contribution in [2.45, 2.75) is 20.4 Å². The molecule has 0 aliphatic carbocycles. The van der Waals surface area contributed by atoms with Gasteiger partial charge in [-0.25, -0.2) is 4.98 Å². The minimum Gasteiger partial charge on any atom is -0.495 e. The number of aromatic nitrogens is 2. The topological polar surface area (TPSA) is 73.2 Å². The molecule has 3 rings (SSSR count). The Morgan fingerprint density at radius 1 is 1.44 bits per heavy atom. The Morgan fingerprint density at radius 2 is 2.20 bits per heavy atom. The fourth-order valence-corrected chi connectivity index (χ4v) is 3.83. The molecule has 0 aliphatic heterocycles. The first kappa shape index (κ1) is 17.4. The van der Waals surface area contributed by atoms with E-state index in [0.717, 1.165) is 0 Å². The van der Waals surface area contributed by atoms with Crippen molar-refractivity contribution in [2.24, 2.45) is 0 Å². The SMILES string of the molecule is CCn1cnc2sc(C(=O)Nc3ccc(OC)c(Cl)c3)c(C)c2c1=O. The number of fused-ring (bicyclic) bond motifs is 1. The lowest BCUT2D eigenvalue weighted by molar-refractivity contribution is 0.103. The van der Waals surface area contributed by atoms with Crippen LogP contribution in [0.1, 0.15) is 22.2 Å². The van der Waals surface area contributed by atoms with E-state index in [4.69, 9.17) is 16.3 Å². The van der Waals surface area contributed by atoms with Crippen LogP contribution < -0.4 is 15.6 Å². The van der Waals surface area contributed by atoms with Crippen LogP contribution >= 0.6 is 22.9 Å². The zero-order chi connectivity index (χ0) is 18.1. The highest BCUT2D eigenvalue weighted by atomic mass is 35.5. The zero-order valence-corrected chi connectivity index (χ0v) is 15.5. The number of anilines is 1. The largest absolute Gasteiger partial charge is 0.495 e. The van der Waals surface area contributed by atoms with Crippen molar-refractivity contribution in [2.75, 3.05) is 12.4 Å². The third-order valence-corrected chi connectivity index (χ3v) is 5.37. The Labute approximate surface area is 153 Å². The maximum atomic E-state index is 12.6. The molecule has 1 amide bonds. The number of amides is 1. The molecule has 0 fully saturated rings. The molecule has 0 aliphatic rings. The van der Waals surface area contributed by atoms with Crippen molar-refractivity contribution < 1.29 is 9.53 Å². The Kier molecular flexibility index (Phi) is 4.78. The van der Waals surface area contributed by atoms with E-state index in [2.05, 4.69) is 10.3 Å². The van der Waals surface area contributed by atoms with Crippen LogP contribution in [0.15, 0.2) is 29.3 Å². The van der Waals surface area contributed by atoms with Gasteiger partial charge in [-0.1, -0.05) is 11.6 Å². The van der Waals surface area contributed by atoms with E-state index in [1.54, 1.807) is 25.1 Å². The molecule has 0 unspecified atom stereocenters. The molecule has 6 nitrogen and oxygen atoms in total. The molecule has 8 heteroatoms. The third kappa shape index (κ3) is 3.12. The lowest BCUT2D eigenvalue weighted by atomic mass is 10.2. The van der Waals surface area contributed by atoms with Gasteiger partial charge in [0.2, 0.25) is 0 Å². The van der Waals surface area contributed by atoms with Gasteiger partial charge in [-0.05, 0) is 37.6 Å². The minimum atomic E-state index is -0.302. The molecule has 0 bridgehead atoms. The summed E-state index contributed by atoms with van der Waals surface area (Å²) >= 11 is 7.28. The van der Waals surface area contributed by atoms with Gasteiger partial charge in [0.15, 0.2) is 0 Å². The van der Waals surface area contributed by atoms with Crippen molar-refractivity contribution in [1.82, 2.24) is 9.55 Å². The number of aryl methyl sites for hydroxylation is 2. The van der Waals surface area contributed by atoms with Crippen LogP contribution in [0.3, 0.4) is 0 Å². The van der Waals surface area contributed by atoms with Crippen LogP contribution in [0, 0.1) is 6.92 Å². The number of hydrogen-bond donors (Lipinski definition) is 1. The quantitative estimate of drug-likeness (QED) is 0.752. The molecular formula is C17H16ClN3O3S. The molecule has 2 heterocycles. The summed E-state index contributed by atoms with van der Waals surface area (Å²) in [7, 11) is 1.52. The average Bonchev–Trinajstić information content (AvgIpc) is 2.93. The Morgan fingerprint density at radius 3 is 2.84 bits per heavy atom. The van der Waals surface area contributed by atoms with Crippen molar-refractivity contribution >= 4 is 44.7 Å². The highest BCUT2D eigenvalue weighted by Crippen LogP contribution is 2.30. The number of carbonyl (C=O) groups is 1. The van der Waals surface area contributed by atoms with Gasteiger partial charge in [-0.2, -0.15) is 0 Å². The normalized spacial score (nSPS) is 10.9. The Balaban J connectivity index is 1.97. The lowest BCUT2D eigenvalue weighted by Gasteiger charge is -2.07. The van der Waals surface area contributed by atoms with Crippen LogP contribution in [-0.2, 0) is 6.54 Å². The van der Waals surface area contributed by atoms with Gasteiger partial charge in [-0.15, -0.1) is 11.3 Å². The van der Waals surface area contributed by atoms with Gasteiger partial charge in [0.25, 0.3) is 11.5 Å². The maximum absolute atomic E-state index is 12.6. The van der Waals surface area contributed by atoms with Gasteiger partial charge in [0.05, 0.1) is 28.7 Å². The Bertz CT molecular complexity index is 1030. The van der Waals surface area contributed by atoms with Crippen LogP contribution in [0.4, 0.5) is 5.69 Å². The van der Waals surface area contributed by atoms with Crippen molar-refractivity contribution in [3.05, 3.63) is 50.3 Å². The minimum absolute atomic E-state index is 0.132. The smallest absolute Gasteiger partial charge is 0.266 e. The molecule has 130 valence electrons. The van der Waals surface area contributed by atoms with Gasteiger partial charge >= 0.3 is 0 Å². The standard InChI is InChI=1S/C17H16ClN3O3S/c1-4-21-8-19-16-13(17(21)23)9(2)14(25-16)15(22)20-10-5-6-12(24-3)11(18)7-10/h5-8H,4H2,1-3H3,(H,20,22). The van der Waals surface area contributed by atoms with Crippen molar-refractivity contribution in [3.63, 3.8) is 0 Å². The summed E-state index contributed by atoms with van der Waals surface area (Å²) in [5.41, 5.74) is 1.05. The highest BCUT2D eigenvalue weighted by molar-refractivity contribution is 7.20. The molecule has 0 saturated heterocycles. The van der Waals surface area contributed by atoms with Crippen molar-refractivity contribution in [1.29, 1.82) is 0 Å².